The number of allylic oxidation sites excluding steroid dienone is 8. The molecule has 2 aliphatic rings. The van der Waals surface area contributed by atoms with E-state index in [1.54, 1.807) is 11.1 Å². The third kappa shape index (κ3) is 9.25. The Bertz CT molecular complexity index is 442. The number of rotatable bonds is 12. The predicted molar refractivity (Wildman–Crippen MR) is 114 cm³/mol. The van der Waals surface area contributed by atoms with Gasteiger partial charge in [0.1, 0.15) is 0 Å². The predicted octanol–water partition coefficient (Wildman–Crippen LogP) is 8.28. The second-order valence-electron chi connectivity index (χ2n) is 6.97. The molecule has 0 unspecified atom stereocenters. The monoisotopic (exact) mass is 550 g/mol. The van der Waals surface area contributed by atoms with Gasteiger partial charge in [-0.2, -0.15) is 0 Å². The van der Waals surface area contributed by atoms with Crippen LogP contribution in [0.5, 0.6) is 0 Å². The molecule has 0 heterocycles. The second kappa shape index (κ2) is 15.5. The first-order chi connectivity index (χ1) is 11.3. The van der Waals surface area contributed by atoms with E-state index in [0.717, 1.165) is 0 Å². The van der Waals surface area contributed by atoms with Crippen LogP contribution in [0.1, 0.15) is 90.9 Å². The second-order valence-corrected chi connectivity index (χ2v) is 12.2. The third-order valence-corrected chi connectivity index (χ3v) is 10.9. The van der Waals surface area contributed by atoms with Gasteiger partial charge in [0.25, 0.3) is 0 Å². The maximum atomic E-state index is 2.46. The van der Waals surface area contributed by atoms with Crippen molar-refractivity contribution in [3.63, 3.8) is 0 Å². The van der Waals surface area contributed by atoms with Gasteiger partial charge in [0.15, 0.2) is 0 Å². The summed E-state index contributed by atoms with van der Waals surface area (Å²) in [5, 5.41) is 0. The van der Waals surface area contributed by atoms with Crippen LogP contribution in [0.3, 0.4) is 0 Å². The minimum Gasteiger partial charge on any atom is -0.147 e. The first-order valence-electron chi connectivity index (χ1n) is 9.89. The van der Waals surface area contributed by atoms with Gasteiger partial charge in [-0.15, -0.1) is 24.8 Å². The zero-order valence-electron chi connectivity index (χ0n) is 16.1. The van der Waals surface area contributed by atoms with Gasteiger partial charge in [-0.25, -0.2) is 0 Å². The number of halogens is 2. The van der Waals surface area contributed by atoms with Gasteiger partial charge in [0, 0.05) is 0 Å². The molecule has 0 spiro atoms. The van der Waals surface area contributed by atoms with E-state index in [4.69, 9.17) is 0 Å². The summed E-state index contributed by atoms with van der Waals surface area (Å²) in [5.41, 5.74) is 3.49. The van der Waals surface area contributed by atoms with Gasteiger partial charge < -0.3 is 0 Å². The summed E-state index contributed by atoms with van der Waals surface area (Å²) >= 11 is -0.742. The van der Waals surface area contributed by atoms with Gasteiger partial charge in [-0.3, -0.25) is 0 Å². The smallest absolute Gasteiger partial charge is 0.147 e. The Hall–Kier alpha value is 0.410. The molecule has 0 saturated heterocycles. The standard InChI is InChI=1S/2C11H17.2ClH.Hf/c2*1-2-3-4-5-8-11-9-6-7-10-11;;;/h2*6,9H,2-5,7-8H2,1H3;2*1H;. The topological polar surface area (TPSA) is 0 Å². The van der Waals surface area contributed by atoms with Crippen molar-refractivity contribution in [1.29, 1.82) is 0 Å². The summed E-state index contributed by atoms with van der Waals surface area (Å²) in [7, 11) is 0. The maximum absolute atomic E-state index is 2.46. The van der Waals surface area contributed by atoms with Crippen molar-refractivity contribution in [3.8, 4) is 0 Å². The molecule has 25 heavy (non-hydrogen) atoms. The third-order valence-electron chi connectivity index (χ3n) is 4.96. The molecule has 0 aromatic carbocycles. The van der Waals surface area contributed by atoms with E-state index in [2.05, 4.69) is 38.2 Å². The largest absolute Gasteiger partial charge is 0.147 e. The van der Waals surface area contributed by atoms with Crippen LogP contribution in [0.4, 0.5) is 0 Å². The van der Waals surface area contributed by atoms with E-state index in [1.165, 1.54) is 77.0 Å². The van der Waals surface area contributed by atoms with Gasteiger partial charge in [-0.1, -0.05) is 0 Å². The minimum atomic E-state index is -0.742. The summed E-state index contributed by atoms with van der Waals surface area (Å²) in [5.74, 6) is 0. The van der Waals surface area contributed by atoms with Crippen LogP contribution in [0.25, 0.3) is 0 Å². The van der Waals surface area contributed by atoms with Gasteiger partial charge >= 0.3 is 156 Å². The molecule has 0 saturated carbocycles. The molecule has 3 heteroatoms. The molecular formula is C22H36Cl2Hf. The molecule has 0 aliphatic heterocycles. The molecule has 0 amide bonds. The average Bonchev–Trinajstić information content (AvgIpc) is 3.18. The van der Waals surface area contributed by atoms with E-state index in [0.29, 0.717) is 0 Å². The Morgan fingerprint density at radius 2 is 1.12 bits per heavy atom. The van der Waals surface area contributed by atoms with Gasteiger partial charge in [0.05, 0.1) is 0 Å². The van der Waals surface area contributed by atoms with Crippen LogP contribution in [0.2, 0.25) is 0 Å². The molecule has 0 aromatic rings. The van der Waals surface area contributed by atoms with E-state index in [1.807, 2.05) is 6.66 Å². The van der Waals surface area contributed by atoms with Crippen LogP contribution in [-0.4, -0.2) is 0 Å². The summed E-state index contributed by atoms with van der Waals surface area (Å²) < 4.78 is 3.82. The van der Waals surface area contributed by atoms with E-state index >= 15 is 0 Å². The van der Waals surface area contributed by atoms with Crippen LogP contribution >= 0.6 is 24.8 Å². The van der Waals surface area contributed by atoms with E-state index < -0.39 is 22.9 Å². The Morgan fingerprint density at radius 1 is 0.680 bits per heavy atom. The Morgan fingerprint density at radius 3 is 1.52 bits per heavy atom. The van der Waals surface area contributed by atoms with Crippen molar-refractivity contribution >= 4 is 24.8 Å². The van der Waals surface area contributed by atoms with Crippen molar-refractivity contribution in [2.75, 3.05) is 0 Å². The number of unbranched alkanes of at least 4 members (excludes halogenated alkanes) is 6. The first kappa shape index (κ1) is 25.4. The SMILES string of the molecule is CCCCCCC1=[C]([Hf][C]2=C(CCCCCC)C=CC2)CC=C1.Cl.Cl. The molecule has 142 valence electrons. The van der Waals surface area contributed by atoms with Gasteiger partial charge in [-0.05, 0) is 0 Å². The van der Waals surface area contributed by atoms with E-state index in [9.17, 15) is 0 Å². The van der Waals surface area contributed by atoms with Gasteiger partial charge in [0.2, 0.25) is 0 Å². The molecule has 2 rings (SSSR count). The molecule has 0 aromatic heterocycles. The van der Waals surface area contributed by atoms with Crippen LogP contribution in [-0.2, 0) is 22.9 Å². The molecule has 0 fully saturated rings. The summed E-state index contributed by atoms with van der Waals surface area (Å²) in [6.45, 7) is 4.61. The zero-order chi connectivity index (χ0) is 16.3. The molecule has 0 radical (unpaired) electrons. The van der Waals surface area contributed by atoms with Crippen molar-refractivity contribution in [2.45, 2.75) is 90.9 Å². The van der Waals surface area contributed by atoms with Crippen LogP contribution in [0, 0.1) is 0 Å². The molecule has 0 bridgehead atoms. The maximum Gasteiger partial charge on any atom is -0.147 e. The van der Waals surface area contributed by atoms with Crippen molar-refractivity contribution in [1.82, 2.24) is 0 Å². The summed E-state index contributed by atoms with van der Waals surface area (Å²) in [4.78, 5) is 0. The fraction of sp³-hybridized carbons (Fsp3) is 0.636. The molecule has 0 N–H and O–H groups in total. The molecular weight excluding hydrogens is 514 g/mol. The quantitative estimate of drug-likeness (QED) is 0.170. The van der Waals surface area contributed by atoms with Crippen molar-refractivity contribution in [3.05, 3.63) is 42.1 Å². The molecule has 2 aliphatic carbocycles. The number of hydrogen-bond donors (Lipinski definition) is 0. The average molecular weight is 550 g/mol. The fourth-order valence-corrected chi connectivity index (χ4v) is 9.04. The fourth-order valence-electron chi connectivity index (χ4n) is 3.50. The zero-order valence-corrected chi connectivity index (χ0v) is 21.3. The van der Waals surface area contributed by atoms with E-state index in [-0.39, 0.29) is 24.8 Å². The molecule has 0 nitrogen and oxygen atoms in total. The Labute approximate surface area is 179 Å². The molecule has 0 atom stereocenters. The summed E-state index contributed by atoms with van der Waals surface area (Å²) in [6.07, 6.45) is 26.2. The first-order valence-corrected chi connectivity index (χ1v) is 13.5. The van der Waals surface area contributed by atoms with Crippen molar-refractivity contribution in [2.24, 2.45) is 0 Å². The van der Waals surface area contributed by atoms with Crippen LogP contribution in [0.15, 0.2) is 42.1 Å². The Balaban J connectivity index is 0.00000288. The minimum absolute atomic E-state index is 0. The van der Waals surface area contributed by atoms with Crippen LogP contribution < -0.4 is 0 Å². The number of hydrogen-bond acceptors (Lipinski definition) is 0. The summed E-state index contributed by atoms with van der Waals surface area (Å²) in [6, 6.07) is 0. The Kier molecular flexibility index (Phi) is 15.7. The van der Waals surface area contributed by atoms with Crippen molar-refractivity contribution < 1.29 is 22.9 Å². The normalized spacial score (nSPS) is 15.6.